The normalized spacial score (nSPS) is 10.1. The average Bonchev–Trinajstić information content (AvgIpc) is 2.33. The van der Waals surface area contributed by atoms with Gasteiger partial charge in [-0.1, -0.05) is 6.07 Å². The minimum atomic E-state index is -0.580. The molecule has 16 heavy (non-hydrogen) atoms. The Morgan fingerprint density at radius 1 is 1.06 bits per heavy atom. The van der Waals surface area contributed by atoms with Crippen molar-refractivity contribution in [2.75, 3.05) is 11.9 Å². The summed E-state index contributed by atoms with van der Waals surface area (Å²) in [5.41, 5.74) is 0.958. The molecule has 0 unspecified atom stereocenters. The molecule has 0 atom stereocenters. The molecule has 0 aliphatic carbocycles. The Hall–Kier alpha value is -2.04. The molecule has 0 saturated carbocycles. The smallest absolute Gasteiger partial charge is 0.255 e. The van der Waals surface area contributed by atoms with Gasteiger partial charge < -0.3 is 5.32 Å². The number of pyridine rings is 1. The molecule has 0 aliphatic rings. The number of halogens is 1. The summed E-state index contributed by atoms with van der Waals surface area (Å²) in [5.74, 6) is -0.401. The lowest BCUT2D eigenvalue weighted by Gasteiger charge is -2.04. The molecule has 0 fully saturated rings. The highest BCUT2D eigenvalue weighted by molar-refractivity contribution is 5.31. The highest BCUT2D eigenvalue weighted by atomic mass is 19.1. The first-order chi connectivity index (χ1) is 7.86. The van der Waals surface area contributed by atoms with Crippen LogP contribution in [0.15, 0.2) is 36.8 Å². The number of aromatic nitrogens is 3. The lowest BCUT2D eigenvalue weighted by molar-refractivity contribution is 0.580. The molecule has 2 heterocycles. The van der Waals surface area contributed by atoms with Crippen LogP contribution in [0.5, 0.6) is 0 Å². The van der Waals surface area contributed by atoms with E-state index in [2.05, 4.69) is 20.3 Å². The van der Waals surface area contributed by atoms with E-state index in [1.54, 1.807) is 6.20 Å². The van der Waals surface area contributed by atoms with Crippen molar-refractivity contribution in [2.24, 2.45) is 0 Å². The maximum absolute atomic E-state index is 13.1. The molecule has 0 radical (unpaired) electrons. The van der Waals surface area contributed by atoms with E-state index in [0.29, 0.717) is 6.54 Å². The summed E-state index contributed by atoms with van der Waals surface area (Å²) in [7, 11) is 0. The molecule has 0 spiro atoms. The zero-order chi connectivity index (χ0) is 11.2. The SMILES string of the molecule is Fc1nccnc1NCCc1ccccn1. The first kappa shape index (κ1) is 10.5. The summed E-state index contributed by atoms with van der Waals surface area (Å²) >= 11 is 0. The first-order valence-corrected chi connectivity index (χ1v) is 4.96. The van der Waals surface area contributed by atoms with Crippen molar-refractivity contribution in [2.45, 2.75) is 6.42 Å². The van der Waals surface area contributed by atoms with Crippen molar-refractivity contribution in [3.8, 4) is 0 Å². The van der Waals surface area contributed by atoms with Gasteiger partial charge in [0.05, 0.1) is 0 Å². The van der Waals surface area contributed by atoms with Crippen LogP contribution in [0.25, 0.3) is 0 Å². The Morgan fingerprint density at radius 3 is 2.69 bits per heavy atom. The average molecular weight is 218 g/mol. The Kier molecular flexibility index (Phi) is 3.38. The van der Waals surface area contributed by atoms with E-state index in [4.69, 9.17) is 0 Å². The van der Waals surface area contributed by atoms with Crippen LogP contribution in [-0.4, -0.2) is 21.5 Å². The molecule has 0 aromatic carbocycles. The second-order valence-electron chi connectivity index (χ2n) is 3.19. The summed E-state index contributed by atoms with van der Waals surface area (Å²) in [4.78, 5) is 11.5. The maximum Gasteiger partial charge on any atom is 0.255 e. The van der Waals surface area contributed by atoms with E-state index in [-0.39, 0.29) is 5.82 Å². The van der Waals surface area contributed by atoms with Gasteiger partial charge in [-0.3, -0.25) is 4.98 Å². The molecule has 0 saturated heterocycles. The summed E-state index contributed by atoms with van der Waals surface area (Å²) in [6.45, 7) is 0.576. The van der Waals surface area contributed by atoms with E-state index in [0.717, 1.165) is 12.1 Å². The maximum atomic E-state index is 13.1. The van der Waals surface area contributed by atoms with Gasteiger partial charge in [0.1, 0.15) is 0 Å². The van der Waals surface area contributed by atoms with Crippen LogP contribution >= 0.6 is 0 Å². The largest absolute Gasteiger partial charge is 0.366 e. The van der Waals surface area contributed by atoms with Crippen molar-refractivity contribution >= 4 is 5.82 Å². The minimum absolute atomic E-state index is 0.179. The Morgan fingerprint density at radius 2 is 1.94 bits per heavy atom. The quantitative estimate of drug-likeness (QED) is 0.848. The van der Waals surface area contributed by atoms with Gasteiger partial charge in [0.15, 0.2) is 5.82 Å². The van der Waals surface area contributed by atoms with Gasteiger partial charge in [-0.15, -0.1) is 0 Å². The van der Waals surface area contributed by atoms with Crippen LogP contribution in [0.4, 0.5) is 10.2 Å². The molecule has 0 bridgehead atoms. The van der Waals surface area contributed by atoms with Crippen LogP contribution in [0, 0.1) is 5.95 Å². The van der Waals surface area contributed by atoms with Gasteiger partial charge >= 0.3 is 0 Å². The molecule has 2 aromatic heterocycles. The summed E-state index contributed by atoms with van der Waals surface area (Å²) in [6.07, 6.45) is 5.22. The molecule has 2 aromatic rings. The topological polar surface area (TPSA) is 50.7 Å². The number of nitrogens with zero attached hydrogens (tertiary/aromatic N) is 3. The van der Waals surface area contributed by atoms with Crippen LogP contribution in [0.1, 0.15) is 5.69 Å². The number of anilines is 1. The second-order valence-corrected chi connectivity index (χ2v) is 3.19. The van der Waals surface area contributed by atoms with Crippen molar-refractivity contribution < 1.29 is 4.39 Å². The van der Waals surface area contributed by atoms with E-state index in [1.165, 1.54) is 12.4 Å². The fourth-order valence-corrected chi connectivity index (χ4v) is 1.29. The lowest BCUT2D eigenvalue weighted by atomic mass is 10.3. The second kappa shape index (κ2) is 5.16. The molecular formula is C11H11FN4. The highest BCUT2D eigenvalue weighted by Gasteiger charge is 2.02. The fraction of sp³-hybridized carbons (Fsp3) is 0.182. The van der Waals surface area contributed by atoms with Gasteiger partial charge in [0.25, 0.3) is 5.95 Å². The van der Waals surface area contributed by atoms with Crippen molar-refractivity contribution in [1.29, 1.82) is 0 Å². The molecule has 0 amide bonds. The van der Waals surface area contributed by atoms with E-state index < -0.39 is 5.95 Å². The molecule has 2 rings (SSSR count). The standard InChI is InChI=1S/C11H11FN4/c12-10-11(16-8-7-14-10)15-6-4-9-3-1-2-5-13-9/h1-3,5,7-8H,4,6H2,(H,15,16). The van der Waals surface area contributed by atoms with Crippen molar-refractivity contribution in [3.05, 3.63) is 48.4 Å². The summed E-state index contributed by atoms with van der Waals surface area (Å²) < 4.78 is 13.1. The van der Waals surface area contributed by atoms with Gasteiger partial charge in [0, 0.05) is 37.3 Å². The van der Waals surface area contributed by atoms with Crippen LogP contribution in [0.2, 0.25) is 0 Å². The zero-order valence-electron chi connectivity index (χ0n) is 8.60. The lowest BCUT2D eigenvalue weighted by Crippen LogP contribution is -2.09. The third-order valence-electron chi connectivity index (χ3n) is 2.05. The van der Waals surface area contributed by atoms with Gasteiger partial charge in [0.2, 0.25) is 0 Å². The minimum Gasteiger partial charge on any atom is -0.366 e. The van der Waals surface area contributed by atoms with Crippen LogP contribution in [0.3, 0.4) is 0 Å². The molecular weight excluding hydrogens is 207 g/mol. The third-order valence-corrected chi connectivity index (χ3v) is 2.05. The Balaban J connectivity index is 1.87. The van der Waals surface area contributed by atoms with Crippen LogP contribution in [-0.2, 0) is 6.42 Å². The van der Waals surface area contributed by atoms with E-state index in [9.17, 15) is 4.39 Å². The predicted octanol–water partition coefficient (Wildman–Crippen LogP) is 1.67. The Bertz CT molecular complexity index is 447. The third kappa shape index (κ3) is 2.73. The zero-order valence-corrected chi connectivity index (χ0v) is 8.60. The highest BCUT2D eigenvalue weighted by Crippen LogP contribution is 2.05. The molecule has 4 nitrogen and oxygen atoms in total. The van der Waals surface area contributed by atoms with E-state index >= 15 is 0 Å². The van der Waals surface area contributed by atoms with E-state index in [1.807, 2.05) is 18.2 Å². The van der Waals surface area contributed by atoms with Gasteiger partial charge in [-0.25, -0.2) is 9.97 Å². The molecule has 1 N–H and O–H groups in total. The number of nitrogens with one attached hydrogen (secondary N) is 1. The fourth-order valence-electron chi connectivity index (χ4n) is 1.29. The van der Waals surface area contributed by atoms with Gasteiger partial charge in [-0.2, -0.15) is 4.39 Å². The number of hydrogen-bond acceptors (Lipinski definition) is 4. The first-order valence-electron chi connectivity index (χ1n) is 4.96. The Labute approximate surface area is 92.6 Å². The predicted molar refractivity (Wildman–Crippen MR) is 58.4 cm³/mol. The molecule has 82 valence electrons. The number of hydrogen-bond donors (Lipinski definition) is 1. The number of rotatable bonds is 4. The monoisotopic (exact) mass is 218 g/mol. The summed E-state index contributed by atoms with van der Waals surface area (Å²) in [5, 5.41) is 2.87. The molecule has 5 heteroatoms. The van der Waals surface area contributed by atoms with Crippen molar-refractivity contribution in [3.63, 3.8) is 0 Å². The summed E-state index contributed by atoms with van der Waals surface area (Å²) in [6, 6.07) is 5.71. The van der Waals surface area contributed by atoms with Crippen molar-refractivity contribution in [1.82, 2.24) is 15.0 Å². The van der Waals surface area contributed by atoms with Crippen LogP contribution < -0.4 is 5.32 Å². The van der Waals surface area contributed by atoms with Gasteiger partial charge in [-0.05, 0) is 12.1 Å². The molecule has 0 aliphatic heterocycles.